The van der Waals surface area contributed by atoms with Gasteiger partial charge in [0, 0.05) is 17.5 Å². The molecule has 92 valence electrons. The van der Waals surface area contributed by atoms with Crippen molar-refractivity contribution in [2.75, 3.05) is 7.11 Å². The molecule has 1 aliphatic carbocycles. The summed E-state index contributed by atoms with van der Waals surface area (Å²) in [6.07, 6.45) is 5.25. The Morgan fingerprint density at radius 2 is 2.00 bits per heavy atom. The second-order valence-corrected chi connectivity index (χ2v) is 4.77. The molecule has 0 aromatic carbocycles. The van der Waals surface area contributed by atoms with Crippen molar-refractivity contribution in [1.29, 1.82) is 0 Å². The average molecular weight is 233 g/mol. The van der Waals surface area contributed by atoms with Crippen molar-refractivity contribution in [2.24, 2.45) is 5.92 Å². The molecule has 0 amide bonds. The van der Waals surface area contributed by atoms with Crippen molar-refractivity contribution in [2.45, 2.75) is 38.5 Å². The number of nitrogens with zero attached hydrogens (tertiary/aromatic N) is 1. The largest absolute Gasteiger partial charge is 0.495 e. The van der Waals surface area contributed by atoms with Crippen LogP contribution < -0.4 is 4.74 Å². The van der Waals surface area contributed by atoms with E-state index in [0.717, 1.165) is 49.1 Å². The summed E-state index contributed by atoms with van der Waals surface area (Å²) in [6.45, 7) is 1.97. The van der Waals surface area contributed by atoms with E-state index in [1.807, 2.05) is 13.0 Å². The van der Waals surface area contributed by atoms with Crippen LogP contribution in [0, 0.1) is 12.8 Å². The summed E-state index contributed by atoms with van der Waals surface area (Å²) in [6, 6.07) is 4.04. The maximum Gasteiger partial charge on any atom is 0.140 e. The van der Waals surface area contributed by atoms with Crippen LogP contribution >= 0.6 is 0 Å². The van der Waals surface area contributed by atoms with Crippen molar-refractivity contribution in [3.63, 3.8) is 0 Å². The lowest BCUT2D eigenvalue weighted by Gasteiger charge is -2.25. The zero-order valence-electron chi connectivity index (χ0n) is 10.5. The number of carbonyl (C=O) groups is 1. The fourth-order valence-electron chi connectivity index (χ4n) is 2.56. The minimum atomic E-state index is 0.269. The first-order valence-electron chi connectivity index (χ1n) is 6.21. The van der Waals surface area contributed by atoms with Crippen LogP contribution in [0.5, 0.6) is 5.75 Å². The van der Waals surface area contributed by atoms with Crippen LogP contribution in [-0.4, -0.2) is 18.4 Å². The van der Waals surface area contributed by atoms with Crippen LogP contribution in [0.3, 0.4) is 0 Å². The summed E-state index contributed by atoms with van der Waals surface area (Å²) in [7, 11) is 1.67. The third-order valence-electron chi connectivity index (χ3n) is 3.66. The molecule has 1 fully saturated rings. The molecule has 2 rings (SSSR count). The summed E-state index contributed by atoms with van der Waals surface area (Å²) < 4.78 is 5.21. The van der Waals surface area contributed by atoms with Gasteiger partial charge >= 0.3 is 0 Å². The second kappa shape index (κ2) is 5.30. The zero-order valence-corrected chi connectivity index (χ0v) is 10.5. The van der Waals surface area contributed by atoms with E-state index in [-0.39, 0.29) is 5.92 Å². The van der Waals surface area contributed by atoms with E-state index in [9.17, 15) is 4.79 Å². The van der Waals surface area contributed by atoms with Gasteiger partial charge in [-0.05, 0) is 44.7 Å². The summed E-state index contributed by atoms with van der Waals surface area (Å²) in [5.41, 5.74) is 2.09. The standard InChI is InChI=1S/C14H19NO2/c1-10-14(17-2)8-7-13(15-10)12-5-3-11(9-16)4-6-12/h7-9,11-12H,3-6H2,1-2H3. The van der Waals surface area contributed by atoms with E-state index in [1.165, 1.54) is 0 Å². The Morgan fingerprint density at radius 1 is 1.29 bits per heavy atom. The Hall–Kier alpha value is -1.38. The highest BCUT2D eigenvalue weighted by Gasteiger charge is 2.23. The molecule has 0 aliphatic heterocycles. The topological polar surface area (TPSA) is 39.2 Å². The van der Waals surface area contributed by atoms with Crippen LogP contribution in [0.2, 0.25) is 0 Å². The van der Waals surface area contributed by atoms with Gasteiger partial charge in [-0.2, -0.15) is 0 Å². The molecule has 17 heavy (non-hydrogen) atoms. The summed E-state index contributed by atoms with van der Waals surface area (Å²) >= 11 is 0. The number of carbonyl (C=O) groups excluding carboxylic acids is 1. The summed E-state index contributed by atoms with van der Waals surface area (Å²) in [5, 5.41) is 0. The number of pyridine rings is 1. The quantitative estimate of drug-likeness (QED) is 0.753. The molecule has 0 N–H and O–H groups in total. The van der Waals surface area contributed by atoms with Gasteiger partial charge in [-0.1, -0.05) is 0 Å². The first kappa shape index (κ1) is 12.1. The Bertz CT molecular complexity index is 395. The van der Waals surface area contributed by atoms with Crippen molar-refractivity contribution in [3.05, 3.63) is 23.5 Å². The number of aryl methyl sites for hydroxylation is 1. The number of aldehydes is 1. The number of methoxy groups -OCH3 is 1. The molecule has 1 aromatic rings. The van der Waals surface area contributed by atoms with Crippen LogP contribution in [0.15, 0.2) is 12.1 Å². The lowest BCUT2D eigenvalue weighted by atomic mass is 9.81. The lowest BCUT2D eigenvalue weighted by molar-refractivity contribution is -0.111. The molecule has 0 radical (unpaired) electrons. The molecule has 3 heteroatoms. The van der Waals surface area contributed by atoms with E-state index in [1.54, 1.807) is 7.11 Å². The second-order valence-electron chi connectivity index (χ2n) is 4.77. The van der Waals surface area contributed by atoms with Gasteiger partial charge in [0.1, 0.15) is 12.0 Å². The highest BCUT2D eigenvalue weighted by molar-refractivity contribution is 5.53. The highest BCUT2D eigenvalue weighted by Crippen LogP contribution is 2.34. The zero-order chi connectivity index (χ0) is 12.3. The Balaban J connectivity index is 2.08. The normalized spacial score (nSPS) is 24.4. The Labute approximate surface area is 102 Å². The van der Waals surface area contributed by atoms with Gasteiger partial charge in [-0.3, -0.25) is 4.98 Å². The van der Waals surface area contributed by atoms with E-state index < -0.39 is 0 Å². The first-order chi connectivity index (χ1) is 8.24. The van der Waals surface area contributed by atoms with Gasteiger partial charge in [0.25, 0.3) is 0 Å². The maximum atomic E-state index is 10.7. The van der Waals surface area contributed by atoms with Crippen molar-refractivity contribution >= 4 is 6.29 Å². The molecule has 1 aromatic heterocycles. The van der Waals surface area contributed by atoms with E-state index in [2.05, 4.69) is 11.1 Å². The van der Waals surface area contributed by atoms with Crippen molar-refractivity contribution < 1.29 is 9.53 Å². The third-order valence-corrected chi connectivity index (χ3v) is 3.66. The minimum Gasteiger partial charge on any atom is -0.495 e. The molecule has 0 spiro atoms. The first-order valence-corrected chi connectivity index (χ1v) is 6.21. The SMILES string of the molecule is COc1ccc(C2CCC(C=O)CC2)nc1C. The molecule has 1 aliphatic rings. The van der Waals surface area contributed by atoms with Crippen LogP contribution in [0.25, 0.3) is 0 Å². The van der Waals surface area contributed by atoms with Crippen molar-refractivity contribution in [3.8, 4) is 5.75 Å². The van der Waals surface area contributed by atoms with Gasteiger partial charge in [0.2, 0.25) is 0 Å². The monoisotopic (exact) mass is 233 g/mol. The van der Waals surface area contributed by atoms with Crippen molar-refractivity contribution in [1.82, 2.24) is 4.98 Å². The molecule has 0 unspecified atom stereocenters. The van der Waals surface area contributed by atoms with Gasteiger partial charge in [-0.25, -0.2) is 0 Å². The lowest BCUT2D eigenvalue weighted by Crippen LogP contribution is -2.15. The van der Waals surface area contributed by atoms with Gasteiger partial charge in [-0.15, -0.1) is 0 Å². The van der Waals surface area contributed by atoms with E-state index in [0.29, 0.717) is 5.92 Å². The number of ether oxygens (including phenoxy) is 1. The molecular formula is C14H19NO2. The maximum absolute atomic E-state index is 10.7. The third kappa shape index (κ3) is 2.65. The average Bonchev–Trinajstić information content (AvgIpc) is 2.39. The number of aromatic nitrogens is 1. The number of rotatable bonds is 3. The van der Waals surface area contributed by atoms with Gasteiger partial charge in [0.15, 0.2) is 0 Å². The van der Waals surface area contributed by atoms with E-state index in [4.69, 9.17) is 4.74 Å². The summed E-state index contributed by atoms with van der Waals surface area (Å²) in [4.78, 5) is 15.3. The Morgan fingerprint density at radius 3 is 2.53 bits per heavy atom. The molecule has 0 atom stereocenters. The highest BCUT2D eigenvalue weighted by atomic mass is 16.5. The van der Waals surface area contributed by atoms with Gasteiger partial charge < -0.3 is 9.53 Å². The number of hydrogen-bond donors (Lipinski definition) is 0. The van der Waals surface area contributed by atoms with E-state index >= 15 is 0 Å². The predicted molar refractivity (Wildman–Crippen MR) is 66.3 cm³/mol. The predicted octanol–water partition coefficient (Wildman–Crippen LogP) is 2.87. The van der Waals surface area contributed by atoms with Gasteiger partial charge in [0.05, 0.1) is 12.8 Å². The molecular weight excluding hydrogens is 214 g/mol. The smallest absolute Gasteiger partial charge is 0.140 e. The van der Waals surface area contributed by atoms with Crippen LogP contribution in [0.4, 0.5) is 0 Å². The minimum absolute atomic E-state index is 0.269. The molecule has 0 saturated heterocycles. The molecule has 3 nitrogen and oxygen atoms in total. The van der Waals surface area contributed by atoms with Crippen LogP contribution in [0.1, 0.15) is 43.0 Å². The summed E-state index contributed by atoms with van der Waals surface area (Å²) in [5.74, 6) is 1.62. The molecule has 1 heterocycles. The fourth-order valence-corrected chi connectivity index (χ4v) is 2.56. The molecule has 0 bridgehead atoms. The Kier molecular flexibility index (Phi) is 3.77. The van der Waals surface area contributed by atoms with Crippen LogP contribution in [-0.2, 0) is 4.79 Å². The molecule has 1 saturated carbocycles. The fraction of sp³-hybridized carbons (Fsp3) is 0.571. The number of hydrogen-bond acceptors (Lipinski definition) is 3.